The summed E-state index contributed by atoms with van der Waals surface area (Å²) >= 11 is 0. The van der Waals surface area contributed by atoms with Gasteiger partial charge in [-0.15, -0.1) is 5.98 Å². The molecule has 88 valence electrons. The van der Waals surface area contributed by atoms with Crippen LogP contribution in [0.5, 0.6) is 0 Å². The minimum atomic E-state index is -5.63. The van der Waals surface area contributed by atoms with Crippen molar-refractivity contribution in [3.8, 4) is 0 Å². The number of halogens is 6. The van der Waals surface area contributed by atoms with Gasteiger partial charge in [0.25, 0.3) is 0 Å². The molecule has 1 aromatic rings. The third kappa shape index (κ3) is 6.10. The van der Waals surface area contributed by atoms with E-state index in [1.54, 1.807) is 0 Å². The molecule has 0 atom stereocenters. The Kier molecular flexibility index (Phi) is 6.51. The predicted molar refractivity (Wildman–Crippen MR) is 49.6 cm³/mol. The van der Waals surface area contributed by atoms with Crippen LogP contribution in [0.3, 0.4) is 0 Å². The fourth-order valence-corrected chi connectivity index (χ4v) is 1.16. The van der Waals surface area contributed by atoms with Gasteiger partial charge in [0.1, 0.15) is 0 Å². The normalized spacial score (nSPS) is 13.2. The summed E-state index contributed by atoms with van der Waals surface area (Å²) in [6, 6.07) is 5.90. The zero-order valence-corrected chi connectivity index (χ0v) is 11.9. The molecule has 0 aromatic heterocycles. The van der Waals surface area contributed by atoms with Gasteiger partial charge in [0.05, 0.1) is 0 Å². The smallest absolute Gasteiger partial charge is 0.445 e. The van der Waals surface area contributed by atoms with Crippen molar-refractivity contribution in [3.05, 3.63) is 41.9 Å². The fraction of sp³-hybridized carbons (Fsp3) is 0.111. The molecule has 0 radical (unpaired) electrons. The molecule has 0 aliphatic carbocycles. The van der Waals surface area contributed by atoms with E-state index in [0.29, 0.717) is 0 Å². The van der Waals surface area contributed by atoms with E-state index < -0.39 is 30.3 Å². The number of alkyl halides is 3. The summed E-state index contributed by atoms with van der Waals surface area (Å²) in [5.74, 6) is -0.671. The van der Waals surface area contributed by atoms with Crippen molar-refractivity contribution in [2.75, 3.05) is 0 Å². The van der Waals surface area contributed by atoms with Crippen LogP contribution in [0.1, 0.15) is 5.56 Å². The van der Waals surface area contributed by atoms with Crippen LogP contribution in [0, 0.1) is 0 Å². The monoisotopic (exact) mass is 278 g/mol. The van der Waals surface area contributed by atoms with Gasteiger partial charge in [-0.2, -0.15) is 13.2 Å². The van der Waals surface area contributed by atoms with E-state index >= 15 is 0 Å². The Hall–Kier alpha value is 0.241. The van der Waals surface area contributed by atoms with Crippen LogP contribution >= 0.6 is 0 Å². The maximum absolute atomic E-state index is 12.4. The van der Waals surface area contributed by atoms with E-state index in [4.69, 9.17) is 0 Å². The number of benzene rings is 1. The molecule has 17 heavy (non-hydrogen) atoms. The average molecular weight is 278 g/mol. The van der Waals surface area contributed by atoms with Gasteiger partial charge in [0.15, 0.2) is 0 Å². The van der Waals surface area contributed by atoms with Crippen LogP contribution < -0.4 is 51.4 Å². The molecule has 0 aliphatic rings. The van der Waals surface area contributed by atoms with Crippen molar-refractivity contribution >= 4 is 12.6 Å². The third-order valence-corrected chi connectivity index (χ3v) is 1.75. The molecular weight excluding hydrogens is 272 g/mol. The summed E-state index contributed by atoms with van der Waals surface area (Å²) in [6.45, 7) is -5.63. The maximum atomic E-state index is 12.4. The van der Waals surface area contributed by atoms with Crippen molar-refractivity contribution in [3.63, 3.8) is 0 Å². The molecular formula is C9H6BF6K. The van der Waals surface area contributed by atoms with Gasteiger partial charge in [-0.3, -0.25) is 0 Å². The molecule has 8 heteroatoms. The Morgan fingerprint density at radius 3 is 1.82 bits per heavy atom. The summed E-state index contributed by atoms with van der Waals surface area (Å²) in [5.41, 5.74) is -2.16. The van der Waals surface area contributed by atoms with Crippen molar-refractivity contribution in [1.29, 1.82) is 0 Å². The molecule has 0 N–H and O–H groups in total. The molecule has 0 heterocycles. The molecule has 1 aromatic carbocycles. The van der Waals surface area contributed by atoms with Crippen LogP contribution in [0.2, 0.25) is 0 Å². The summed E-state index contributed by atoms with van der Waals surface area (Å²) in [5, 5.41) is 0. The minimum Gasteiger partial charge on any atom is -0.445 e. The zero-order valence-electron chi connectivity index (χ0n) is 8.81. The number of hydrogen-bond donors (Lipinski definition) is 0. The maximum Gasteiger partial charge on any atom is 1.00 e. The Morgan fingerprint density at radius 2 is 1.47 bits per heavy atom. The molecule has 0 saturated heterocycles. The molecule has 0 bridgehead atoms. The zero-order chi connectivity index (χ0) is 12.4. The van der Waals surface area contributed by atoms with Crippen molar-refractivity contribution in [1.82, 2.24) is 0 Å². The quantitative estimate of drug-likeness (QED) is 0.560. The first-order valence-electron chi connectivity index (χ1n) is 4.25. The first kappa shape index (κ1) is 17.2. The molecule has 0 spiro atoms. The van der Waals surface area contributed by atoms with Crippen molar-refractivity contribution in [2.24, 2.45) is 0 Å². The Bertz CT molecular complexity index is 381. The second-order valence-corrected chi connectivity index (χ2v) is 3.07. The Morgan fingerprint density at radius 1 is 1.00 bits per heavy atom. The Labute approximate surface area is 137 Å². The standard InChI is InChI=1S/C9H6BF6.K/c11-9(12,13)8(6-10(14,15)16)7-4-2-1-3-5-7;/h1-6H;/q-1;+1/b8-6+;. The molecule has 0 aliphatic heterocycles. The molecule has 0 amide bonds. The summed E-state index contributed by atoms with van der Waals surface area (Å²) in [7, 11) is 0. The molecule has 1 rings (SSSR count). The number of allylic oxidation sites excluding steroid dienone is 1. The van der Waals surface area contributed by atoms with E-state index in [1.165, 1.54) is 18.2 Å². The Balaban J connectivity index is 0.00000256. The van der Waals surface area contributed by atoms with Crippen molar-refractivity contribution < 1.29 is 77.5 Å². The first-order valence-corrected chi connectivity index (χ1v) is 4.25. The second-order valence-electron chi connectivity index (χ2n) is 3.07. The summed E-state index contributed by atoms with van der Waals surface area (Å²) in [6.07, 6.45) is -5.02. The number of hydrogen-bond acceptors (Lipinski definition) is 0. The van der Waals surface area contributed by atoms with Gasteiger partial charge in [-0.05, 0) is 5.56 Å². The van der Waals surface area contributed by atoms with Gasteiger partial charge in [-0.25, -0.2) is 0 Å². The van der Waals surface area contributed by atoms with Crippen LogP contribution in [-0.4, -0.2) is 13.2 Å². The van der Waals surface area contributed by atoms with Gasteiger partial charge >= 0.3 is 64.5 Å². The molecule has 0 unspecified atom stereocenters. The third-order valence-electron chi connectivity index (χ3n) is 1.75. The summed E-state index contributed by atoms with van der Waals surface area (Å²) in [4.78, 5) is 0. The SMILES string of the molecule is F[B-](F)(F)/C=C(\c1ccccc1)C(F)(F)F.[K+]. The molecule has 0 nitrogen and oxygen atoms in total. The largest absolute Gasteiger partial charge is 1.00 e. The number of rotatable bonds is 2. The van der Waals surface area contributed by atoms with Crippen LogP contribution in [0.25, 0.3) is 5.57 Å². The van der Waals surface area contributed by atoms with E-state index in [0.717, 1.165) is 12.1 Å². The van der Waals surface area contributed by atoms with E-state index in [-0.39, 0.29) is 51.4 Å². The van der Waals surface area contributed by atoms with E-state index in [1.807, 2.05) is 0 Å². The van der Waals surface area contributed by atoms with E-state index in [2.05, 4.69) is 0 Å². The van der Waals surface area contributed by atoms with Crippen LogP contribution in [0.4, 0.5) is 26.1 Å². The van der Waals surface area contributed by atoms with Crippen LogP contribution in [0.15, 0.2) is 36.3 Å². The predicted octanol–water partition coefficient (Wildman–Crippen LogP) is 1.02. The van der Waals surface area contributed by atoms with Crippen LogP contribution in [-0.2, 0) is 0 Å². The van der Waals surface area contributed by atoms with Gasteiger partial charge in [0, 0.05) is 5.57 Å². The molecule has 0 saturated carbocycles. The van der Waals surface area contributed by atoms with Gasteiger partial charge < -0.3 is 12.9 Å². The van der Waals surface area contributed by atoms with Crippen molar-refractivity contribution in [2.45, 2.75) is 6.18 Å². The fourth-order valence-electron chi connectivity index (χ4n) is 1.16. The van der Waals surface area contributed by atoms with Gasteiger partial charge in [0.2, 0.25) is 0 Å². The second kappa shape index (κ2) is 6.42. The minimum absolute atomic E-state index is 0. The topological polar surface area (TPSA) is 0 Å². The average Bonchev–Trinajstić information content (AvgIpc) is 2.13. The van der Waals surface area contributed by atoms with Gasteiger partial charge in [-0.1, -0.05) is 30.3 Å². The van der Waals surface area contributed by atoms with E-state index in [9.17, 15) is 26.1 Å². The summed E-state index contributed by atoms with van der Waals surface area (Å²) < 4.78 is 73.2. The first-order chi connectivity index (χ1) is 7.20. The molecule has 0 fully saturated rings.